The number of amides is 1. The predicted molar refractivity (Wildman–Crippen MR) is 116 cm³/mol. The highest BCUT2D eigenvalue weighted by atomic mass is 19.3. The number of nitrogens with one attached hydrogen (secondary N) is 1. The maximum atomic E-state index is 12.7. The Morgan fingerprint density at radius 1 is 1.06 bits per heavy atom. The number of alkyl halides is 2. The Labute approximate surface area is 180 Å². The first-order chi connectivity index (χ1) is 15.4. The molecule has 0 fully saturated rings. The standard InChI is InChI=1S/C22H17F2N5O3/c1-28(13-30)15-4-7-19-18(10-15)21(26-12-25-19)27-14-2-5-16(6-3-14)32-17-8-9-29(22(23)24)20(31)11-17/h2-13,22H,1H3,(H,25,26,27). The molecule has 32 heavy (non-hydrogen) atoms. The lowest BCUT2D eigenvalue weighted by Gasteiger charge is -2.13. The van der Waals surface area contributed by atoms with Gasteiger partial charge in [-0.1, -0.05) is 0 Å². The number of aromatic nitrogens is 3. The molecule has 2 aromatic heterocycles. The number of fused-ring (bicyclic) bond motifs is 1. The maximum absolute atomic E-state index is 12.7. The molecule has 0 aliphatic carbocycles. The van der Waals surface area contributed by atoms with E-state index in [1.807, 2.05) is 6.07 Å². The lowest BCUT2D eigenvalue weighted by atomic mass is 10.2. The number of carbonyl (C=O) groups excluding carboxylic acids is 1. The molecule has 1 amide bonds. The second-order valence-corrected chi connectivity index (χ2v) is 6.78. The first-order valence-corrected chi connectivity index (χ1v) is 9.43. The molecule has 0 bridgehead atoms. The molecule has 0 unspecified atom stereocenters. The smallest absolute Gasteiger partial charge is 0.321 e. The molecule has 10 heteroatoms. The van der Waals surface area contributed by atoms with Crippen LogP contribution in [0.15, 0.2) is 71.9 Å². The van der Waals surface area contributed by atoms with E-state index in [-0.39, 0.29) is 5.75 Å². The molecule has 0 aliphatic rings. The molecule has 0 aliphatic heterocycles. The summed E-state index contributed by atoms with van der Waals surface area (Å²) in [5, 5.41) is 3.94. The van der Waals surface area contributed by atoms with E-state index in [1.165, 1.54) is 17.3 Å². The average molecular weight is 437 g/mol. The van der Waals surface area contributed by atoms with Crippen molar-refractivity contribution >= 4 is 34.5 Å². The molecule has 162 valence electrons. The number of ether oxygens (including phenoxy) is 1. The van der Waals surface area contributed by atoms with Crippen molar-refractivity contribution < 1.29 is 18.3 Å². The summed E-state index contributed by atoms with van der Waals surface area (Å²) < 4.78 is 31.2. The molecule has 8 nitrogen and oxygen atoms in total. The summed E-state index contributed by atoms with van der Waals surface area (Å²) in [6.07, 6.45) is 3.13. The lowest BCUT2D eigenvalue weighted by Crippen LogP contribution is -2.18. The normalized spacial score (nSPS) is 10.9. The quantitative estimate of drug-likeness (QED) is 0.433. The van der Waals surface area contributed by atoms with Gasteiger partial charge in [-0.25, -0.2) is 9.97 Å². The van der Waals surface area contributed by atoms with Crippen molar-refractivity contribution in [2.45, 2.75) is 6.55 Å². The molecule has 4 aromatic rings. The van der Waals surface area contributed by atoms with Gasteiger partial charge in [0.1, 0.15) is 23.6 Å². The van der Waals surface area contributed by atoms with E-state index in [9.17, 15) is 18.4 Å². The van der Waals surface area contributed by atoms with Crippen LogP contribution in [0, 0.1) is 0 Å². The molecule has 2 heterocycles. The highest BCUT2D eigenvalue weighted by molar-refractivity contribution is 5.94. The van der Waals surface area contributed by atoms with E-state index in [4.69, 9.17) is 4.74 Å². The van der Waals surface area contributed by atoms with Gasteiger partial charge in [-0.3, -0.25) is 14.2 Å². The topological polar surface area (TPSA) is 89.3 Å². The summed E-state index contributed by atoms with van der Waals surface area (Å²) in [6, 6.07) is 14.5. The Kier molecular flexibility index (Phi) is 5.75. The van der Waals surface area contributed by atoms with Crippen LogP contribution < -0.4 is 20.5 Å². The Morgan fingerprint density at radius 3 is 2.53 bits per heavy atom. The van der Waals surface area contributed by atoms with Crippen molar-refractivity contribution in [1.29, 1.82) is 0 Å². The van der Waals surface area contributed by atoms with Crippen molar-refractivity contribution in [3.8, 4) is 11.5 Å². The van der Waals surface area contributed by atoms with Crippen LogP contribution in [0.3, 0.4) is 0 Å². The number of halogens is 2. The molecule has 0 radical (unpaired) electrons. The van der Waals surface area contributed by atoms with Crippen LogP contribution in [0.1, 0.15) is 6.55 Å². The monoisotopic (exact) mass is 437 g/mol. The Balaban J connectivity index is 1.54. The highest BCUT2D eigenvalue weighted by Crippen LogP contribution is 2.28. The summed E-state index contributed by atoms with van der Waals surface area (Å²) in [7, 11) is 1.65. The molecule has 0 spiro atoms. The zero-order valence-electron chi connectivity index (χ0n) is 16.8. The zero-order valence-corrected chi connectivity index (χ0v) is 16.8. The van der Waals surface area contributed by atoms with Gasteiger partial charge in [0.15, 0.2) is 0 Å². The van der Waals surface area contributed by atoms with Crippen molar-refractivity contribution in [1.82, 2.24) is 14.5 Å². The fourth-order valence-corrected chi connectivity index (χ4v) is 3.00. The van der Waals surface area contributed by atoms with Gasteiger partial charge in [0, 0.05) is 36.1 Å². The molecule has 1 N–H and O–H groups in total. The fraction of sp³-hybridized carbons (Fsp3) is 0.0909. The first-order valence-electron chi connectivity index (χ1n) is 9.43. The number of hydrogen-bond acceptors (Lipinski definition) is 6. The van der Waals surface area contributed by atoms with Crippen molar-refractivity contribution in [2.24, 2.45) is 0 Å². The number of anilines is 3. The average Bonchev–Trinajstić information content (AvgIpc) is 2.79. The van der Waals surface area contributed by atoms with E-state index in [0.29, 0.717) is 39.4 Å². The Bertz CT molecular complexity index is 1330. The van der Waals surface area contributed by atoms with Crippen LogP contribution >= 0.6 is 0 Å². The SMILES string of the molecule is CN(C=O)c1ccc2ncnc(Nc3ccc(Oc4ccn(C(F)F)c(=O)c4)cc3)c2c1. The van der Waals surface area contributed by atoms with E-state index in [2.05, 4.69) is 15.3 Å². The summed E-state index contributed by atoms with van der Waals surface area (Å²) in [6.45, 7) is -2.91. The number of rotatable bonds is 7. The van der Waals surface area contributed by atoms with Gasteiger partial charge < -0.3 is 15.0 Å². The van der Waals surface area contributed by atoms with Crippen LogP contribution in [0.25, 0.3) is 10.9 Å². The van der Waals surface area contributed by atoms with Gasteiger partial charge in [0.2, 0.25) is 6.41 Å². The molecular weight excluding hydrogens is 420 g/mol. The third-order valence-electron chi connectivity index (χ3n) is 4.67. The minimum atomic E-state index is -2.91. The third-order valence-corrected chi connectivity index (χ3v) is 4.67. The maximum Gasteiger partial charge on any atom is 0.321 e. The van der Waals surface area contributed by atoms with Gasteiger partial charge in [0.05, 0.1) is 5.52 Å². The van der Waals surface area contributed by atoms with Crippen molar-refractivity contribution in [2.75, 3.05) is 17.3 Å². The summed E-state index contributed by atoms with van der Waals surface area (Å²) in [5.74, 6) is 1.13. The lowest BCUT2D eigenvalue weighted by molar-refractivity contribution is -0.107. The fourth-order valence-electron chi connectivity index (χ4n) is 3.00. The molecule has 0 saturated carbocycles. The van der Waals surface area contributed by atoms with Gasteiger partial charge >= 0.3 is 6.55 Å². The van der Waals surface area contributed by atoms with Crippen LogP contribution in [0.2, 0.25) is 0 Å². The predicted octanol–water partition coefficient (Wildman–Crippen LogP) is 4.32. The third kappa shape index (κ3) is 4.38. The molecule has 0 atom stereocenters. The van der Waals surface area contributed by atoms with E-state index >= 15 is 0 Å². The van der Waals surface area contributed by atoms with Crippen LogP contribution in [0.4, 0.5) is 26.0 Å². The molecule has 0 saturated heterocycles. The molecule has 4 rings (SSSR count). The highest BCUT2D eigenvalue weighted by Gasteiger charge is 2.10. The van der Waals surface area contributed by atoms with E-state index < -0.39 is 12.1 Å². The van der Waals surface area contributed by atoms with Gasteiger partial charge in [-0.05, 0) is 48.5 Å². The van der Waals surface area contributed by atoms with Crippen LogP contribution in [0.5, 0.6) is 11.5 Å². The zero-order chi connectivity index (χ0) is 22.7. The van der Waals surface area contributed by atoms with Gasteiger partial charge in [0.25, 0.3) is 5.56 Å². The van der Waals surface area contributed by atoms with Gasteiger partial charge in [-0.2, -0.15) is 8.78 Å². The molecular formula is C22H17F2N5O3. The second-order valence-electron chi connectivity index (χ2n) is 6.78. The largest absolute Gasteiger partial charge is 0.457 e. The number of hydrogen-bond donors (Lipinski definition) is 1. The number of nitrogens with zero attached hydrogens (tertiary/aromatic N) is 4. The molecule has 2 aromatic carbocycles. The minimum Gasteiger partial charge on any atom is -0.457 e. The van der Waals surface area contributed by atoms with Crippen molar-refractivity contribution in [3.63, 3.8) is 0 Å². The van der Waals surface area contributed by atoms with Gasteiger partial charge in [-0.15, -0.1) is 0 Å². The minimum absolute atomic E-state index is 0.154. The van der Waals surface area contributed by atoms with Crippen LogP contribution in [-0.4, -0.2) is 28.0 Å². The van der Waals surface area contributed by atoms with E-state index in [1.54, 1.807) is 43.4 Å². The summed E-state index contributed by atoms with van der Waals surface area (Å²) in [5.41, 5.74) is 1.26. The summed E-state index contributed by atoms with van der Waals surface area (Å²) in [4.78, 5) is 32.7. The van der Waals surface area contributed by atoms with E-state index in [0.717, 1.165) is 17.6 Å². The number of carbonyl (C=O) groups is 1. The summed E-state index contributed by atoms with van der Waals surface area (Å²) >= 11 is 0. The second kappa shape index (κ2) is 8.80. The van der Waals surface area contributed by atoms with Crippen LogP contribution in [-0.2, 0) is 4.79 Å². The number of pyridine rings is 1. The number of benzene rings is 2. The Hall–Kier alpha value is -4.34. The van der Waals surface area contributed by atoms with Crippen molar-refractivity contribution in [3.05, 3.63) is 77.5 Å². The Morgan fingerprint density at radius 2 is 1.84 bits per heavy atom. The first kappa shape index (κ1) is 20.9.